The van der Waals surface area contributed by atoms with E-state index in [9.17, 15) is 23.3 Å². The number of amides is 1. The Hall–Kier alpha value is -4.23. The summed E-state index contributed by atoms with van der Waals surface area (Å²) in [5.41, 5.74) is 6.03. The molecule has 11 nitrogen and oxygen atoms in total. The van der Waals surface area contributed by atoms with Gasteiger partial charge in [-0.3, -0.25) is 24.6 Å². The zero-order chi connectivity index (χ0) is 29.1. The highest BCUT2D eigenvalue weighted by molar-refractivity contribution is 8.14. The number of nitrogens with one attached hydrogen (secondary N) is 1. The Balaban J connectivity index is 1.48. The van der Waals surface area contributed by atoms with Crippen molar-refractivity contribution >= 4 is 55.6 Å². The predicted molar refractivity (Wildman–Crippen MR) is 163 cm³/mol. The van der Waals surface area contributed by atoms with Crippen LogP contribution in [0.2, 0.25) is 0 Å². The molecule has 3 aromatic rings. The van der Waals surface area contributed by atoms with Crippen molar-refractivity contribution in [2.24, 2.45) is 10.1 Å². The zero-order valence-electron chi connectivity index (χ0n) is 22.5. The summed E-state index contributed by atoms with van der Waals surface area (Å²) in [4.78, 5) is 29.8. The topological polar surface area (TPSA) is 138 Å². The highest BCUT2D eigenvalue weighted by Crippen LogP contribution is 2.31. The van der Waals surface area contributed by atoms with Crippen LogP contribution in [-0.4, -0.2) is 60.7 Å². The number of sulfonamides is 1. The van der Waals surface area contributed by atoms with Crippen LogP contribution in [-0.2, 0) is 23.0 Å². The lowest BCUT2D eigenvalue weighted by atomic mass is 9.97. The van der Waals surface area contributed by atoms with Crippen molar-refractivity contribution in [2.75, 3.05) is 35.2 Å². The van der Waals surface area contributed by atoms with Gasteiger partial charge in [0.05, 0.1) is 23.4 Å². The fourth-order valence-corrected chi connectivity index (χ4v) is 6.01. The average molecular weight is 593 g/mol. The van der Waals surface area contributed by atoms with Gasteiger partial charge in [-0.05, 0) is 65.9 Å². The van der Waals surface area contributed by atoms with Crippen LogP contribution < -0.4 is 9.62 Å². The van der Waals surface area contributed by atoms with Gasteiger partial charge in [0.1, 0.15) is 5.84 Å². The number of amidine groups is 1. The molecule has 2 aliphatic heterocycles. The zero-order valence-corrected chi connectivity index (χ0v) is 24.1. The van der Waals surface area contributed by atoms with Gasteiger partial charge in [-0.25, -0.2) is 13.4 Å². The number of nitro groups is 1. The molecule has 5 rings (SSSR count). The largest absolute Gasteiger partial charge is 0.326 e. The number of anilines is 2. The van der Waals surface area contributed by atoms with Gasteiger partial charge in [0.25, 0.3) is 5.69 Å². The number of benzene rings is 3. The van der Waals surface area contributed by atoms with Crippen molar-refractivity contribution in [3.8, 4) is 0 Å². The van der Waals surface area contributed by atoms with Crippen LogP contribution in [0, 0.1) is 10.1 Å². The molecule has 212 valence electrons. The van der Waals surface area contributed by atoms with E-state index in [0.29, 0.717) is 30.4 Å². The molecule has 0 aliphatic carbocycles. The summed E-state index contributed by atoms with van der Waals surface area (Å²) >= 11 is 1.23. The van der Waals surface area contributed by atoms with Gasteiger partial charge in [0, 0.05) is 48.4 Å². The SMILES string of the molecule is CN1N=C(c2ccc3c(c2)CCCN3/C(=N\Cc2ccc(NS(C)(=O)=O)cc2)c2ccc([N+](=O)[O-])cc2)CSC1=O. The first-order chi connectivity index (χ1) is 19.6. The summed E-state index contributed by atoms with van der Waals surface area (Å²) in [6.07, 6.45) is 2.85. The highest BCUT2D eigenvalue weighted by Gasteiger charge is 2.25. The van der Waals surface area contributed by atoms with Gasteiger partial charge < -0.3 is 4.90 Å². The highest BCUT2D eigenvalue weighted by atomic mass is 32.2. The number of hydrogen-bond acceptors (Lipinski definition) is 8. The summed E-state index contributed by atoms with van der Waals surface area (Å²) in [6.45, 7) is 1.04. The Bertz CT molecular complexity index is 1650. The molecule has 2 aliphatic rings. The summed E-state index contributed by atoms with van der Waals surface area (Å²) in [7, 11) is -1.73. The number of hydrazone groups is 1. The lowest BCUT2D eigenvalue weighted by molar-refractivity contribution is -0.384. The second kappa shape index (κ2) is 11.7. The molecule has 2 heterocycles. The van der Waals surface area contributed by atoms with Crippen molar-refractivity contribution < 1.29 is 18.1 Å². The van der Waals surface area contributed by atoms with E-state index in [1.54, 1.807) is 31.3 Å². The molecule has 0 bridgehead atoms. The second-order valence-electron chi connectivity index (χ2n) is 9.74. The molecule has 41 heavy (non-hydrogen) atoms. The minimum absolute atomic E-state index is 0.000303. The molecule has 0 spiro atoms. The van der Waals surface area contributed by atoms with E-state index in [0.717, 1.165) is 52.8 Å². The molecule has 0 saturated heterocycles. The Labute approximate surface area is 242 Å². The van der Waals surface area contributed by atoms with Gasteiger partial charge in [0.15, 0.2) is 0 Å². The fourth-order valence-electron chi connectivity index (χ4n) is 4.74. The minimum atomic E-state index is -3.38. The monoisotopic (exact) mass is 592 g/mol. The summed E-state index contributed by atoms with van der Waals surface area (Å²) < 4.78 is 25.5. The van der Waals surface area contributed by atoms with Crippen LogP contribution in [0.4, 0.5) is 21.9 Å². The molecule has 0 aromatic heterocycles. The second-order valence-corrected chi connectivity index (χ2v) is 12.4. The van der Waals surface area contributed by atoms with Crippen LogP contribution in [0.5, 0.6) is 0 Å². The molecule has 0 fully saturated rings. The third-order valence-corrected chi connectivity index (χ3v) is 8.19. The van der Waals surface area contributed by atoms with E-state index >= 15 is 0 Å². The molecule has 0 radical (unpaired) electrons. The normalized spacial score (nSPS) is 15.8. The van der Waals surface area contributed by atoms with E-state index in [2.05, 4.69) is 20.8 Å². The molecule has 1 N–H and O–H groups in total. The molecular weight excluding hydrogens is 564 g/mol. The van der Waals surface area contributed by atoms with E-state index in [1.807, 2.05) is 24.3 Å². The van der Waals surface area contributed by atoms with Crippen molar-refractivity contribution in [1.82, 2.24) is 5.01 Å². The average Bonchev–Trinajstić information content (AvgIpc) is 2.94. The number of aliphatic imine (C=N–C) groups is 1. The Morgan fingerprint density at radius 3 is 2.51 bits per heavy atom. The van der Waals surface area contributed by atoms with Gasteiger partial charge >= 0.3 is 5.24 Å². The number of hydrogen-bond donors (Lipinski definition) is 1. The maximum atomic E-state index is 11.8. The predicted octanol–water partition coefficient (Wildman–Crippen LogP) is 4.87. The smallest absolute Gasteiger partial charge is 0.301 e. The third kappa shape index (κ3) is 6.74. The first kappa shape index (κ1) is 28.3. The van der Waals surface area contributed by atoms with Crippen LogP contribution in [0.1, 0.15) is 28.7 Å². The summed E-state index contributed by atoms with van der Waals surface area (Å²) in [5, 5.41) is 17.0. The number of rotatable bonds is 7. The standard InChI is InChI=1S/C28H28N6O5S2/c1-32-28(35)40-18-25(30-32)21-9-14-26-22(16-21)4-3-15-33(26)27(20-7-12-24(13-8-20)34(36)37)29-17-19-5-10-23(11-6-19)31-41(2,38)39/h5-14,16,31H,3-4,15,17-18H2,1-2H3/b29-27-. The maximum absolute atomic E-state index is 11.8. The van der Waals surface area contributed by atoms with Crippen LogP contribution in [0.15, 0.2) is 76.8 Å². The van der Waals surface area contributed by atoms with Crippen LogP contribution in [0.3, 0.4) is 0 Å². The minimum Gasteiger partial charge on any atom is -0.326 e. The van der Waals surface area contributed by atoms with Crippen molar-refractivity contribution in [1.29, 1.82) is 0 Å². The number of carbonyl (C=O) groups is 1. The molecule has 1 amide bonds. The Morgan fingerprint density at radius 1 is 1.12 bits per heavy atom. The molecule has 0 atom stereocenters. The number of non-ortho nitro benzene ring substituents is 1. The maximum Gasteiger partial charge on any atom is 0.301 e. The molecule has 13 heteroatoms. The third-order valence-electron chi connectivity index (χ3n) is 6.66. The number of fused-ring (bicyclic) bond motifs is 1. The van der Waals surface area contributed by atoms with Gasteiger partial charge in [-0.1, -0.05) is 30.0 Å². The van der Waals surface area contributed by atoms with Crippen LogP contribution in [0.25, 0.3) is 0 Å². The molecular formula is C28H28N6O5S2. The van der Waals surface area contributed by atoms with Crippen molar-refractivity contribution in [2.45, 2.75) is 19.4 Å². The van der Waals surface area contributed by atoms with E-state index in [-0.39, 0.29) is 10.9 Å². The lowest BCUT2D eigenvalue weighted by Crippen LogP contribution is -2.36. The van der Waals surface area contributed by atoms with Gasteiger partial charge in [0.2, 0.25) is 10.0 Å². The van der Waals surface area contributed by atoms with Crippen molar-refractivity contribution in [3.05, 3.63) is 99.1 Å². The number of carbonyl (C=O) groups excluding carboxylic acids is 1. The molecule has 3 aromatic carbocycles. The number of nitrogens with zero attached hydrogens (tertiary/aromatic N) is 5. The Morgan fingerprint density at radius 2 is 1.85 bits per heavy atom. The molecule has 0 unspecified atom stereocenters. The Kier molecular flexibility index (Phi) is 8.08. The summed E-state index contributed by atoms with van der Waals surface area (Å²) in [6, 6.07) is 19.5. The molecule has 0 saturated carbocycles. The van der Waals surface area contributed by atoms with Gasteiger partial charge in [-0.15, -0.1) is 0 Å². The van der Waals surface area contributed by atoms with E-state index in [1.165, 1.54) is 28.9 Å². The first-order valence-electron chi connectivity index (χ1n) is 12.8. The first-order valence-corrected chi connectivity index (χ1v) is 15.7. The van der Waals surface area contributed by atoms with Crippen molar-refractivity contribution in [3.63, 3.8) is 0 Å². The van der Waals surface area contributed by atoms with E-state index < -0.39 is 14.9 Å². The fraction of sp³-hybridized carbons (Fsp3) is 0.250. The number of aryl methyl sites for hydroxylation is 1. The van der Waals surface area contributed by atoms with Gasteiger partial charge in [-0.2, -0.15) is 5.10 Å². The summed E-state index contributed by atoms with van der Waals surface area (Å²) in [5.74, 6) is 1.20. The van der Waals surface area contributed by atoms with Crippen LogP contribution >= 0.6 is 11.8 Å². The lowest BCUT2D eigenvalue weighted by Gasteiger charge is -2.33. The number of nitro benzene ring substituents is 1. The van der Waals surface area contributed by atoms with E-state index in [4.69, 9.17) is 4.99 Å². The quantitative estimate of drug-likeness (QED) is 0.179. The number of thioether (sulfide) groups is 1.